The highest BCUT2D eigenvalue weighted by atomic mass is 31.2. The van der Waals surface area contributed by atoms with Crippen molar-refractivity contribution in [2.24, 2.45) is 0 Å². The van der Waals surface area contributed by atoms with E-state index in [4.69, 9.17) is 0 Å². The van der Waals surface area contributed by atoms with Gasteiger partial charge in [-0.2, -0.15) is 0 Å². The summed E-state index contributed by atoms with van der Waals surface area (Å²) in [6.45, 7) is 2.59. The van der Waals surface area contributed by atoms with Gasteiger partial charge in [0.2, 0.25) is 0 Å². The molecule has 4 nitrogen and oxygen atoms in total. The van der Waals surface area contributed by atoms with E-state index >= 15 is 0 Å². The lowest BCUT2D eigenvalue weighted by Gasteiger charge is -2.22. The highest BCUT2D eigenvalue weighted by Gasteiger charge is 2.29. The van der Waals surface area contributed by atoms with Gasteiger partial charge in [0.25, 0.3) is 0 Å². The second kappa shape index (κ2) is 10.6. The molecule has 0 bridgehead atoms. The molecule has 0 radical (unpaired) electrons. The van der Waals surface area contributed by atoms with E-state index in [1.165, 1.54) is 16.7 Å². The third kappa shape index (κ3) is 5.96. The first-order valence-electron chi connectivity index (χ1n) is 11.0. The largest absolute Gasteiger partial charge is 0.309 e. The fourth-order valence-electron chi connectivity index (χ4n) is 3.98. The van der Waals surface area contributed by atoms with E-state index in [9.17, 15) is 4.57 Å². The molecule has 0 N–H and O–H groups in total. The summed E-state index contributed by atoms with van der Waals surface area (Å²) in [7, 11) is 9.37. The Labute approximate surface area is 193 Å². The summed E-state index contributed by atoms with van der Waals surface area (Å²) in [6, 6.07) is 24.9. The lowest BCUT2D eigenvalue weighted by atomic mass is 10.2. The molecule has 0 heterocycles. The van der Waals surface area contributed by atoms with E-state index in [1.807, 2.05) is 36.4 Å². The molecule has 3 aromatic carbocycles. The lowest BCUT2D eigenvalue weighted by Crippen LogP contribution is -2.26. The summed E-state index contributed by atoms with van der Waals surface area (Å²) in [5.74, 6) is 0. The average molecular weight is 450 g/mol. The highest BCUT2D eigenvalue weighted by Crippen LogP contribution is 2.42. The molecule has 0 saturated carbocycles. The number of hydrogen-bond donors (Lipinski definition) is 0. The molecule has 0 atom stereocenters. The first-order valence-corrected chi connectivity index (χ1v) is 12.7. The Morgan fingerprint density at radius 2 is 0.688 bits per heavy atom. The van der Waals surface area contributed by atoms with Crippen molar-refractivity contribution >= 4 is 23.1 Å². The van der Waals surface area contributed by atoms with Gasteiger partial charge in [0.05, 0.1) is 0 Å². The van der Waals surface area contributed by atoms with Gasteiger partial charge < -0.3 is 19.3 Å². The van der Waals surface area contributed by atoms with Crippen LogP contribution in [0, 0.1) is 0 Å². The highest BCUT2D eigenvalue weighted by molar-refractivity contribution is 7.85. The second-order valence-corrected chi connectivity index (χ2v) is 12.1. The minimum absolute atomic E-state index is 0.864. The maximum absolute atomic E-state index is 14.8. The molecular formula is C27H36N3OP. The van der Waals surface area contributed by atoms with E-state index in [0.29, 0.717) is 0 Å². The zero-order chi connectivity index (χ0) is 23.3. The Hall–Kier alpha value is -2.23. The van der Waals surface area contributed by atoms with Gasteiger partial charge in [0.1, 0.15) is 0 Å². The van der Waals surface area contributed by atoms with E-state index < -0.39 is 7.14 Å². The van der Waals surface area contributed by atoms with E-state index in [2.05, 4.69) is 93.4 Å². The van der Waals surface area contributed by atoms with E-state index in [-0.39, 0.29) is 0 Å². The number of rotatable bonds is 9. The third-order valence-corrected chi connectivity index (χ3v) is 8.47. The number of benzene rings is 3. The molecule has 0 spiro atoms. The molecule has 32 heavy (non-hydrogen) atoms. The first kappa shape index (κ1) is 24.4. The summed E-state index contributed by atoms with van der Waals surface area (Å²) < 4.78 is 14.8. The van der Waals surface area contributed by atoms with Crippen molar-refractivity contribution < 1.29 is 4.57 Å². The normalized spacial score (nSPS) is 12.2. The van der Waals surface area contributed by atoms with Crippen LogP contribution in [0.5, 0.6) is 0 Å². The topological polar surface area (TPSA) is 26.8 Å². The molecule has 0 amide bonds. The molecule has 3 aromatic rings. The molecule has 0 saturated heterocycles. The second-order valence-electron chi connectivity index (χ2n) is 9.32. The smallest absolute Gasteiger partial charge is 0.171 e. The minimum atomic E-state index is -2.98. The third-order valence-electron chi connectivity index (χ3n) is 5.40. The Bertz CT molecular complexity index is 903. The Balaban J connectivity index is 2.05. The van der Waals surface area contributed by atoms with Crippen LogP contribution in [0.3, 0.4) is 0 Å². The van der Waals surface area contributed by atoms with Crippen LogP contribution in [0.4, 0.5) is 0 Å². The standard InChI is InChI=1S/C27H36N3OP/c1-28(2)19-22-7-13-25(14-8-22)32(31,26-15-9-23(10-16-26)20-29(3)4)27-17-11-24(12-18-27)21-30(5)6/h7-18H,19-21H2,1-6H3. The molecule has 170 valence electrons. The maximum atomic E-state index is 14.8. The van der Waals surface area contributed by atoms with Crippen LogP contribution in [0.15, 0.2) is 72.8 Å². The van der Waals surface area contributed by atoms with E-state index in [0.717, 1.165) is 35.5 Å². The molecule has 0 aliphatic heterocycles. The van der Waals surface area contributed by atoms with E-state index in [1.54, 1.807) is 0 Å². The summed E-state index contributed by atoms with van der Waals surface area (Å²) in [5, 5.41) is 2.63. The predicted octanol–water partition coefficient (Wildman–Crippen LogP) is 3.51. The van der Waals surface area contributed by atoms with Gasteiger partial charge in [-0.25, -0.2) is 0 Å². The maximum Gasteiger partial charge on any atom is 0.171 e. The van der Waals surface area contributed by atoms with Crippen molar-refractivity contribution in [3.8, 4) is 0 Å². The molecule has 0 aliphatic rings. The molecule has 0 fully saturated rings. The quantitative estimate of drug-likeness (QED) is 0.467. The molecule has 0 aliphatic carbocycles. The number of hydrogen-bond acceptors (Lipinski definition) is 4. The van der Waals surface area contributed by atoms with Crippen LogP contribution < -0.4 is 15.9 Å². The Morgan fingerprint density at radius 3 is 0.875 bits per heavy atom. The predicted molar refractivity (Wildman–Crippen MR) is 138 cm³/mol. The van der Waals surface area contributed by atoms with Gasteiger partial charge in [-0.3, -0.25) is 0 Å². The fraction of sp³-hybridized carbons (Fsp3) is 0.333. The summed E-state index contributed by atoms with van der Waals surface area (Å²) >= 11 is 0. The van der Waals surface area contributed by atoms with Crippen LogP contribution in [0.1, 0.15) is 16.7 Å². The average Bonchev–Trinajstić information content (AvgIpc) is 2.73. The van der Waals surface area contributed by atoms with Crippen LogP contribution in [0.25, 0.3) is 0 Å². The fourth-order valence-corrected chi connectivity index (χ4v) is 6.58. The van der Waals surface area contributed by atoms with Gasteiger partial charge >= 0.3 is 0 Å². The van der Waals surface area contributed by atoms with Gasteiger partial charge in [0.15, 0.2) is 7.14 Å². The minimum Gasteiger partial charge on any atom is -0.309 e. The summed E-state index contributed by atoms with van der Waals surface area (Å²) in [6.07, 6.45) is 0. The van der Waals surface area contributed by atoms with Crippen LogP contribution in [-0.4, -0.2) is 57.0 Å². The Kier molecular flexibility index (Phi) is 8.08. The van der Waals surface area contributed by atoms with Crippen LogP contribution in [0.2, 0.25) is 0 Å². The van der Waals surface area contributed by atoms with Gasteiger partial charge in [-0.15, -0.1) is 0 Å². The molecule has 3 rings (SSSR count). The van der Waals surface area contributed by atoms with Crippen molar-refractivity contribution in [2.45, 2.75) is 19.6 Å². The molecular weight excluding hydrogens is 413 g/mol. The zero-order valence-corrected chi connectivity index (χ0v) is 21.1. The van der Waals surface area contributed by atoms with Crippen molar-refractivity contribution in [3.63, 3.8) is 0 Å². The zero-order valence-electron chi connectivity index (χ0n) is 20.2. The molecule has 0 aromatic heterocycles. The van der Waals surface area contributed by atoms with Crippen molar-refractivity contribution in [1.82, 2.24) is 14.7 Å². The SMILES string of the molecule is CN(C)Cc1ccc(P(=O)(c2ccc(CN(C)C)cc2)c2ccc(CN(C)C)cc2)cc1. The van der Waals surface area contributed by atoms with Gasteiger partial charge in [0, 0.05) is 35.5 Å². The summed E-state index contributed by atoms with van der Waals surface area (Å²) in [5.41, 5.74) is 3.65. The monoisotopic (exact) mass is 449 g/mol. The van der Waals surface area contributed by atoms with Crippen LogP contribution >= 0.6 is 7.14 Å². The first-order chi connectivity index (χ1) is 15.2. The lowest BCUT2D eigenvalue weighted by molar-refractivity contribution is 0.402. The number of nitrogens with zero attached hydrogens (tertiary/aromatic N) is 3. The van der Waals surface area contributed by atoms with Crippen molar-refractivity contribution in [1.29, 1.82) is 0 Å². The van der Waals surface area contributed by atoms with Gasteiger partial charge in [-0.05, 0) is 59.0 Å². The Morgan fingerprint density at radius 1 is 0.469 bits per heavy atom. The van der Waals surface area contributed by atoms with Crippen molar-refractivity contribution in [3.05, 3.63) is 89.5 Å². The van der Waals surface area contributed by atoms with Crippen LogP contribution in [-0.2, 0) is 24.2 Å². The molecule has 0 unspecified atom stereocenters. The summed E-state index contributed by atoms with van der Waals surface area (Å²) in [4.78, 5) is 6.42. The van der Waals surface area contributed by atoms with Gasteiger partial charge in [-0.1, -0.05) is 72.8 Å². The van der Waals surface area contributed by atoms with Crippen molar-refractivity contribution in [2.75, 3.05) is 42.3 Å². The molecule has 5 heteroatoms.